The van der Waals surface area contributed by atoms with Gasteiger partial charge in [0.25, 0.3) is 6.71 Å². The molecule has 0 unspecified atom stereocenters. The van der Waals surface area contributed by atoms with Crippen LogP contribution in [-0.4, -0.2) is 21.2 Å². The van der Waals surface area contributed by atoms with Gasteiger partial charge in [-0.05, 0) is 168 Å². The third kappa shape index (κ3) is 11.2. The predicted molar refractivity (Wildman–Crippen MR) is 402 cm³/mol. The first-order valence-corrected chi connectivity index (χ1v) is 35.0. The van der Waals surface area contributed by atoms with Gasteiger partial charge in [-0.25, -0.2) is 0 Å². The Balaban J connectivity index is 0.000000459. The van der Waals surface area contributed by atoms with Gasteiger partial charge in [-0.1, -0.05) is 226 Å². The number of nitrogens with zero attached hydrogens (tertiary/aromatic N) is 5. The summed E-state index contributed by atoms with van der Waals surface area (Å²) in [5.41, 5.74) is 32.8. The number of benzene rings is 9. The summed E-state index contributed by atoms with van der Waals surface area (Å²) < 4.78 is 15.1. The van der Waals surface area contributed by atoms with Crippen molar-refractivity contribution in [3.63, 3.8) is 0 Å². The quantitative estimate of drug-likeness (QED) is 0.123. The number of pyridine rings is 1. The number of halogens is 1. The van der Waals surface area contributed by atoms with Gasteiger partial charge in [0.1, 0.15) is 0 Å². The van der Waals surface area contributed by atoms with Crippen LogP contribution in [0.5, 0.6) is 0 Å². The van der Waals surface area contributed by atoms with Crippen molar-refractivity contribution in [3.05, 3.63) is 238 Å². The largest absolute Gasteiger partial charge is 0.333 e. The minimum absolute atomic E-state index is 0. The fourth-order valence-electron chi connectivity index (χ4n) is 14.8. The minimum Gasteiger partial charge on any atom is -0.333 e. The monoisotopic (exact) mass is 1460 g/mol. The van der Waals surface area contributed by atoms with Crippen LogP contribution in [0.15, 0.2) is 174 Å². The van der Waals surface area contributed by atoms with E-state index < -0.39 is 0 Å². The molecule has 0 saturated heterocycles. The Bertz CT molecular complexity index is 4900. The molecule has 0 N–H and O–H groups in total. The van der Waals surface area contributed by atoms with E-state index in [0.717, 1.165) is 50.4 Å². The number of anilines is 6. The molecule has 0 amide bonds. The zero-order chi connectivity index (χ0) is 67.5. The zero-order valence-corrected chi connectivity index (χ0v) is 62.9. The van der Waals surface area contributed by atoms with Gasteiger partial charge in [0, 0.05) is 70.1 Å². The molecule has 4 aliphatic heterocycles. The van der Waals surface area contributed by atoms with Crippen LogP contribution < -0.4 is 26.2 Å². The average Bonchev–Trinajstić information content (AvgIpc) is 0.765. The van der Waals surface area contributed by atoms with E-state index in [1.165, 1.54) is 128 Å². The molecule has 5 nitrogen and oxygen atoms in total. The molecule has 9 aromatic carbocycles. The maximum Gasteiger partial charge on any atom is 0.252 e. The van der Waals surface area contributed by atoms with Crippen LogP contribution in [0.4, 0.5) is 38.5 Å². The topological polar surface area (TPSA) is 37.2 Å². The van der Waals surface area contributed by atoms with Crippen molar-refractivity contribution in [3.8, 4) is 39.5 Å². The number of para-hydroxylation sites is 3. The second kappa shape index (κ2) is 23.7. The Morgan fingerprint density at radius 1 is 0.510 bits per heavy atom. The summed E-state index contributed by atoms with van der Waals surface area (Å²) in [7, 11) is 0. The van der Waals surface area contributed by atoms with Gasteiger partial charge in [0.2, 0.25) is 0 Å². The third-order valence-electron chi connectivity index (χ3n) is 20.6. The van der Waals surface area contributed by atoms with E-state index in [2.05, 4.69) is 290 Å². The van der Waals surface area contributed by atoms with Crippen LogP contribution in [0.3, 0.4) is 0 Å². The van der Waals surface area contributed by atoms with Crippen LogP contribution in [0.2, 0.25) is 0 Å². The Morgan fingerprint density at radius 2 is 1.07 bits per heavy atom. The number of hydrogen-bond acceptors (Lipinski definition) is 5. The first kappa shape index (κ1) is 66.8. The molecular formula is C87H89BFIrN5S-2. The summed E-state index contributed by atoms with van der Waals surface area (Å²) in [6.07, 6.45) is 1.82. The fraction of sp³-hybridized carbons (Fsp3) is 0.310. The Kier molecular flexibility index (Phi) is 16.5. The standard InChI is InChI=1S/C74H78BN4S.C13H11FN.Ir/c1-42(2)51-22-21-23-52(43(3)4)66(51)79-59-25-20-19-24-57(59)76-69(79)45-28-26-44(27-29-45)46-34-61-65-62(35-46)78-60-33-31-48(71(8,9)10)40-63(60)80-64-41-50(73(14,15)16)39-56(68(64)78)75(65)55-38-49(72(11,12)13)37-54-67(55)77(61)58-32-30-47(70(5,6)7)36-53(58)74(54,17)18;1-9-7-13(15-8-10(9)2)11-3-5-12(14)6-4-11;/h19-28,30-43H,1-18H3;3,5-8H,1-2H3;/q2*-1;. The summed E-state index contributed by atoms with van der Waals surface area (Å²) in [4.78, 5) is 17.7. The van der Waals surface area contributed by atoms with Crippen molar-refractivity contribution in [2.75, 3.05) is 9.80 Å². The van der Waals surface area contributed by atoms with E-state index in [0.29, 0.717) is 11.8 Å². The van der Waals surface area contributed by atoms with Gasteiger partial charge in [-0.15, -0.1) is 59.7 Å². The minimum atomic E-state index is -0.282. The molecular weight excluding hydrogens is 1370 g/mol. The smallest absolute Gasteiger partial charge is 0.252 e. The van der Waals surface area contributed by atoms with Gasteiger partial charge >= 0.3 is 0 Å². The molecule has 2 aromatic heterocycles. The molecule has 0 saturated carbocycles. The second-order valence-electron chi connectivity index (χ2n) is 32.5. The molecule has 1 radical (unpaired) electrons. The number of aromatic nitrogens is 3. The first-order chi connectivity index (χ1) is 44.8. The van der Waals surface area contributed by atoms with E-state index in [1.54, 1.807) is 6.07 Å². The molecule has 9 heteroatoms. The van der Waals surface area contributed by atoms with Gasteiger partial charge in [0.15, 0.2) is 0 Å². The van der Waals surface area contributed by atoms with Crippen molar-refractivity contribution in [2.45, 2.75) is 187 Å². The zero-order valence-electron chi connectivity index (χ0n) is 59.7. The summed E-state index contributed by atoms with van der Waals surface area (Å²) >= 11 is 1.96. The summed E-state index contributed by atoms with van der Waals surface area (Å²) in [5.74, 6) is 1.28. The summed E-state index contributed by atoms with van der Waals surface area (Å²) in [5, 5.41) is 0. The molecule has 11 aromatic rings. The maximum absolute atomic E-state index is 12.7. The molecule has 0 fully saturated rings. The Morgan fingerprint density at radius 3 is 1.67 bits per heavy atom. The number of fused-ring (bicyclic) bond motifs is 9. The molecule has 6 heterocycles. The first-order valence-electron chi connectivity index (χ1n) is 34.1. The van der Waals surface area contributed by atoms with Crippen molar-refractivity contribution in [1.82, 2.24) is 14.5 Å². The molecule has 0 bridgehead atoms. The van der Waals surface area contributed by atoms with Crippen LogP contribution in [-0.2, 0) is 47.2 Å². The molecule has 4 aliphatic rings. The van der Waals surface area contributed by atoms with Crippen LogP contribution in [0.1, 0.15) is 192 Å². The fourth-order valence-corrected chi connectivity index (χ4v) is 16.0. The average molecular weight is 1460 g/mol. The van der Waals surface area contributed by atoms with Crippen molar-refractivity contribution in [2.24, 2.45) is 0 Å². The Hall–Kier alpha value is -7.81. The van der Waals surface area contributed by atoms with Gasteiger partial charge in [-0.3, -0.25) is 9.37 Å². The SMILES string of the molecule is CC(C)c1cccc(C(C)C)c1-n1c(-c2[c-]cc(-c3cc4c5c(c3)N3c6ccc(C(C)(C)C)cc6C(C)(C)c6cc(C(C)(C)C)cc(c63)B5c3cc(C(C)(C)C)cc5c3N4c3ccc(C(C)(C)C)cc3S5)cc2)nc2ccccc21.Cc1cnc(-c2[c-]cc(F)cc2)cc1C.[Ir]. The molecule has 15 rings (SSSR count). The van der Waals surface area contributed by atoms with Gasteiger partial charge in [0.05, 0.1) is 33.9 Å². The van der Waals surface area contributed by atoms with Gasteiger partial charge in [-0.2, -0.15) is 0 Å². The third-order valence-corrected chi connectivity index (χ3v) is 21.7. The number of hydrogen-bond donors (Lipinski definition) is 0. The predicted octanol–water partition coefficient (Wildman–Crippen LogP) is 22.1. The number of imidazole rings is 1. The van der Waals surface area contributed by atoms with Crippen LogP contribution in [0, 0.1) is 31.8 Å². The number of aryl methyl sites for hydroxylation is 2. The molecule has 96 heavy (non-hydrogen) atoms. The molecule has 489 valence electrons. The molecule has 0 spiro atoms. The van der Waals surface area contributed by atoms with Crippen molar-refractivity contribution >= 4 is 80.0 Å². The van der Waals surface area contributed by atoms with E-state index >= 15 is 0 Å². The van der Waals surface area contributed by atoms with E-state index in [-0.39, 0.29) is 59.7 Å². The summed E-state index contributed by atoms with van der Waals surface area (Å²) in [6, 6.07) is 65.5. The van der Waals surface area contributed by atoms with Crippen LogP contribution >= 0.6 is 11.8 Å². The van der Waals surface area contributed by atoms with Gasteiger partial charge < -0.3 is 19.4 Å². The number of rotatable bonds is 6. The maximum atomic E-state index is 12.7. The van der Waals surface area contributed by atoms with Crippen molar-refractivity contribution < 1.29 is 24.5 Å². The van der Waals surface area contributed by atoms with Crippen LogP contribution in [0.25, 0.3) is 50.5 Å². The molecule has 0 aliphatic carbocycles. The summed E-state index contributed by atoms with van der Waals surface area (Å²) in [6.45, 7) is 46.6. The van der Waals surface area contributed by atoms with E-state index in [4.69, 9.17) is 4.98 Å². The second-order valence-corrected chi connectivity index (χ2v) is 33.6. The Labute approximate surface area is 588 Å². The van der Waals surface area contributed by atoms with E-state index in [9.17, 15) is 4.39 Å². The van der Waals surface area contributed by atoms with E-state index in [1.807, 2.05) is 37.9 Å². The normalized spacial score (nSPS) is 14.2. The molecule has 0 atom stereocenters. The van der Waals surface area contributed by atoms with Crippen molar-refractivity contribution in [1.29, 1.82) is 0 Å².